The molecule has 1 aromatic heterocycles. The van der Waals surface area contributed by atoms with Crippen LogP contribution in [0.4, 0.5) is 5.69 Å². The molecule has 0 bridgehead atoms. The number of fused-ring (bicyclic) bond motifs is 1. The van der Waals surface area contributed by atoms with Gasteiger partial charge in [-0.05, 0) is 56.2 Å². The molecule has 0 spiro atoms. The third-order valence-corrected chi connectivity index (χ3v) is 5.31. The number of ether oxygens (including phenoxy) is 2. The Hall–Kier alpha value is -3.92. The molecule has 2 aromatic carbocycles. The number of nitrogens with zero attached hydrogens (tertiary/aromatic N) is 3. The summed E-state index contributed by atoms with van der Waals surface area (Å²) in [6, 6.07) is 16.5. The van der Waals surface area contributed by atoms with Crippen LogP contribution in [0.3, 0.4) is 0 Å². The van der Waals surface area contributed by atoms with E-state index in [4.69, 9.17) is 14.7 Å². The molecule has 1 amide bonds. The maximum absolute atomic E-state index is 13.1. The molecule has 33 heavy (non-hydrogen) atoms. The van der Waals surface area contributed by atoms with E-state index >= 15 is 0 Å². The summed E-state index contributed by atoms with van der Waals surface area (Å²) in [6.07, 6.45) is 0.830. The van der Waals surface area contributed by atoms with Crippen LogP contribution in [0.5, 0.6) is 5.75 Å². The minimum atomic E-state index is -0.568. The maximum atomic E-state index is 13.1. The molecule has 0 atom stereocenters. The van der Waals surface area contributed by atoms with E-state index in [1.54, 1.807) is 24.3 Å². The van der Waals surface area contributed by atoms with Gasteiger partial charge < -0.3 is 14.4 Å². The first-order valence-electron chi connectivity index (χ1n) is 11.0. The van der Waals surface area contributed by atoms with Crippen LogP contribution in [-0.4, -0.2) is 36.6 Å². The van der Waals surface area contributed by atoms with Gasteiger partial charge in [0.15, 0.2) is 6.61 Å². The smallest absolute Gasteiger partial charge is 0.339 e. The van der Waals surface area contributed by atoms with Crippen LogP contribution in [0.2, 0.25) is 0 Å². The molecule has 0 aliphatic heterocycles. The number of pyridine rings is 1. The van der Waals surface area contributed by atoms with Crippen LogP contribution < -0.4 is 9.64 Å². The molecule has 7 heteroatoms. The lowest BCUT2D eigenvalue weighted by atomic mass is 10.0. The van der Waals surface area contributed by atoms with Crippen LogP contribution in [0.15, 0.2) is 48.5 Å². The van der Waals surface area contributed by atoms with E-state index in [-0.39, 0.29) is 13.0 Å². The first-order valence-corrected chi connectivity index (χ1v) is 11.0. The molecule has 170 valence electrons. The second-order valence-corrected chi connectivity index (χ2v) is 7.39. The number of aromatic nitrogens is 1. The molecule has 0 aliphatic rings. The van der Waals surface area contributed by atoms with Crippen LogP contribution in [0, 0.1) is 18.3 Å². The van der Waals surface area contributed by atoms with Crippen molar-refractivity contribution in [1.29, 1.82) is 5.26 Å². The van der Waals surface area contributed by atoms with E-state index in [9.17, 15) is 9.59 Å². The van der Waals surface area contributed by atoms with Gasteiger partial charge >= 0.3 is 5.97 Å². The van der Waals surface area contributed by atoms with Gasteiger partial charge in [-0.25, -0.2) is 4.79 Å². The average Bonchev–Trinajstić information content (AvgIpc) is 2.83. The van der Waals surface area contributed by atoms with E-state index in [0.29, 0.717) is 40.9 Å². The standard InChI is InChI=1S/C26H27N3O4/c1-4-22-18(3)25(21-9-6-7-10-23(21)28-22)26(31)33-17-24(30)29(16-8-15-27)19-11-13-20(14-12-19)32-5-2/h6-7,9-14H,4-5,8,16-17H2,1-3H3. The van der Waals surface area contributed by atoms with Gasteiger partial charge in [0.05, 0.1) is 30.2 Å². The number of esters is 1. The topological polar surface area (TPSA) is 92.5 Å². The highest BCUT2D eigenvalue weighted by molar-refractivity contribution is 6.06. The first-order chi connectivity index (χ1) is 16.0. The molecule has 7 nitrogen and oxygen atoms in total. The van der Waals surface area contributed by atoms with Crippen molar-refractivity contribution in [3.63, 3.8) is 0 Å². The van der Waals surface area contributed by atoms with Crippen molar-refractivity contribution >= 4 is 28.5 Å². The summed E-state index contributed by atoms with van der Waals surface area (Å²) in [4.78, 5) is 32.1. The summed E-state index contributed by atoms with van der Waals surface area (Å²) < 4.78 is 10.9. The Bertz CT molecular complexity index is 1180. The van der Waals surface area contributed by atoms with Crippen molar-refractivity contribution < 1.29 is 19.1 Å². The largest absolute Gasteiger partial charge is 0.494 e. The SMILES string of the molecule is CCOc1ccc(N(CCC#N)C(=O)COC(=O)c2c(C)c(CC)nc3ccccc23)cc1. The number of hydrogen-bond donors (Lipinski definition) is 0. The fourth-order valence-corrected chi connectivity index (χ4v) is 3.69. The molecule has 0 radical (unpaired) electrons. The average molecular weight is 446 g/mol. The molecule has 1 heterocycles. The summed E-state index contributed by atoms with van der Waals surface area (Å²) in [5, 5.41) is 9.70. The van der Waals surface area contributed by atoms with Crippen LogP contribution >= 0.6 is 0 Å². The van der Waals surface area contributed by atoms with Crippen LogP contribution in [0.1, 0.15) is 41.9 Å². The summed E-state index contributed by atoms with van der Waals surface area (Å²) in [5.41, 5.74) is 3.31. The lowest BCUT2D eigenvalue weighted by Crippen LogP contribution is -2.35. The Morgan fingerprint density at radius 2 is 1.82 bits per heavy atom. The zero-order valence-electron chi connectivity index (χ0n) is 19.1. The highest BCUT2D eigenvalue weighted by Crippen LogP contribution is 2.25. The monoisotopic (exact) mass is 445 g/mol. The predicted octanol–water partition coefficient (Wildman–Crippen LogP) is 4.61. The van der Waals surface area contributed by atoms with Crippen molar-refractivity contribution in [3.05, 3.63) is 65.4 Å². The number of rotatable bonds is 9. The molecule has 3 aromatic rings. The number of hydrogen-bond acceptors (Lipinski definition) is 6. The predicted molar refractivity (Wildman–Crippen MR) is 126 cm³/mol. The van der Waals surface area contributed by atoms with Crippen LogP contribution in [0.25, 0.3) is 10.9 Å². The Labute approximate surface area is 193 Å². The first kappa shape index (κ1) is 23.7. The number of benzene rings is 2. The Morgan fingerprint density at radius 1 is 1.09 bits per heavy atom. The minimum absolute atomic E-state index is 0.154. The Kier molecular flexibility index (Phi) is 7.98. The quantitative estimate of drug-likeness (QED) is 0.447. The van der Waals surface area contributed by atoms with Crippen molar-refractivity contribution in [3.8, 4) is 11.8 Å². The van der Waals surface area contributed by atoms with Crippen molar-refractivity contribution in [2.45, 2.75) is 33.6 Å². The van der Waals surface area contributed by atoms with E-state index in [1.807, 2.05) is 45.0 Å². The normalized spacial score (nSPS) is 10.5. The van der Waals surface area contributed by atoms with E-state index in [0.717, 1.165) is 11.3 Å². The molecular weight excluding hydrogens is 418 g/mol. The lowest BCUT2D eigenvalue weighted by Gasteiger charge is -2.22. The van der Waals surface area contributed by atoms with Crippen molar-refractivity contribution in [2.75, 3.05) is 24.7 Å². The third kappa shape index (κ3) is 5.47. The molecule has 0 fully saturated rings. The zero-order chi connectivity index (χ0) is 23.8. The number of carbonyl (C=O) groups is 2. The van der Waals surface area contributed by atoms with Gasteiger partial charge in [0.2, 0.25) is 0 Å². The van der Waals surface area contributed by atoms with Gasteiger partial charge in [-0.2, -0.15) is 5.26 Å². The Balaban J connectivity index is 1.81. The molecule has 3 rings (SSSR count). The van der Waals surface area contributed by atoms with Crippen LogP contribution in [-0.2, 0) is 16.0 Å². The third-order valence-electron chi connectivity index (χ3n) is 5.31. The lowest BCUT2D eigenvalue weighted by molar-refractivity contribution is -0.121. The summed E-state index contributed by atoms with van der Waals surface area (Å²) in [7, 11) is 0. The van der Waals surface area contributed by atoms with Gasteiger partial charge in [-0.15, -0.1) is 0 Å². The van der Waals surface area contributed by atoms with Gasteiger partial charge in [-0.3, -0.25) is 9.78 Å². The fraction of sp³-hybridized carbons (Fsp3) is 0.308. The van der Waals surface area contributed by atoms with E-state index in [2.05, 4.69) is 11.1 Å². The number of nitriles is 1. The number of para-hydroxylation sites is 1. The van der Waals surface area contributed by atoms with E-state index in [1.165, 1.54) is 4.90 Å². The summed E-state index contributed by atoms with van der Waals surface area (Å²) >= 11 is 0. The highest BCUT2D eigenvalue weighted by atomic mass is 16.5. The summed E-state index contributed by atoms with van der Waals surface area (Å²) in [6.45, 7) is 6.01. The highest BCUT2D eigenvalue weighted by Gasteiger charge is 2.22. The number of amides is 1. The van der Waals surface area contributed by atoms with E-state index < -0.39 is 18.5 Å². The molecular formula is C26H27N3O4. The number of anilines is 1. The second kappa shape index (κ2) is 11.1. The zero-order valence-corrected chi connectivity index (χ0v) is 19.1. The molecule has 0 saturated heterocycles. The van der Waals surface area contributed by atoms with Gasteiger partial charge in [0.25, 0.3) is 5.91 Å². The molecule has 0 saturated carbocycles. The van der Waals surface area contributed by atoms with Gasteiger partial charge in [0, 0.05) is 23.3 Å². The van der Waals surface area contributed by atoms with Gasteiger partial charge in [-0.1, -0.05) is 25.1 Å². The molecule has 0 N–H and O–H groups in total. The summed E-state index contributed by atoms with van der Waals surface area (Å²) in [5.74, 6) is -0.289. The van der Waals surface area contributed by atoms with Crippen molar-refractivity contribution in [2.24, 2.45) is 0 Å². The molecule has 0 unspecified atom stereocenters. The number of carbonyl (C=O) groups excluding carboxylic acids is 2. The van der Waals surface area contributed by atoms with Gasteiger partial charge in [0.1, 0.15) is 5.75 Å². The minimum Gasteiger partial charge on any atom is -0.494 e. The number of aryl methyl sites for hydroxylation is 1. The molecule has 0 aliphatic carbocycles. The van der Waals surface area contributed by atoms with Crippen molar-refractivity contribution in [1.82, 2.24) is 4.98 Å². The maximum Gasteiger partial charge on any atom is 0.339 e. The fourth-order valence-electron chi connectivity index (χ4n) is 3.69. The second-order valence-electron chi connectivity index (χ2n) is 7.39. The Morgan fingerprint density at radius 3 is 2.48 bits per heavy atom.